The van der Waals surface area contributed by atoms with Crippen LogP contribution in [0, 0.1) is 0 Å². The summed E-state index contributed by atoms with van der Waals surface area (Å²) in [7, 11) is 1.59. The van der Waals surface area contributed by atoms with Crippen molar-refractivity contribution in [1.29, 1.82) is 0 Å². The number of rotatable bonds is 1. The van der Waals surface area contributed by atoms with Crippen LogP contribution in [-0.2, 0) is 0 Å². The molecule has 0 radical (unpaired) electrons. The Bertz CT molecular complexity index is 277. The lowest BCUT2D eigenvalue weighted by molar-refractivity contribution is 0.374. The number of aromatic nitrogens is 1. The van der Waals surface area contributed by atoms with Gasteiger partial charge < -0.3 is 9.47 Å². The molecule has 1 aliphatic rings. The zero-order valence-electron chi connectivity index (χ0n) is 6.03. The third-order valence-corrected chi connectivity index (χ3v) is 2.30. The minimum atomic E-state index is 0.603. The number of methoxy groups -OCH3 is 1. The summed E-state index contributed by atoms with van der Waals surface area (Å²) in [6.07, 6.45) is 1.77. The topological polar surface area (TPSA) is 31.4 Å². The molecule has 1 aromatic rings. The highest BCUT2D eigenvalue weighted by Crippen LogP contribution is 2.36. The first-order valence-electron chi connectivity index (χ1n) is 3.20. The van der Waals surface area contributed by atoms with Gasteiger partial charge in [0.25, 0.3) is 0 Å². The van der Waals surface area contributed by atoms with Crippen molar-refractivity contribution < 1.29 is 9.47 Å². The highest BCUT2D eigenvalue weighted by molar-refractivity contribution is 7.99. The predicted octanol–water partition coefficient (Wildman–Crippen LogP) is 1.53. The molecule has 11 heavy (non-hydrogen) atoms. The molecule has 0 saturated carbocycles. The van der Waals surface area contributed by atoms with Crippen molar-refractivity contribution in [2.75, 3.05) is 13.0 Å². The largest absolute Gasteiger partial charge is 0.481 e. The molecular weight excluding hydrogens is 162 g/mol. The molecule has 0 atom stereocenters. The van der Waals surface area contributed by atoms with Crippen LogP contribution in [0.15, 0.2) is 17.2 Å². The normalized spacial score (nSPS) is 13.9. The molecule has 2 rings (SSSR count). The molecule has 0 spiro atoms. The molecule has 0 bridgehead atoms. The van der Waals surface area contributed by atoms with Crippen molar-refractivity contribution in [3.05, 3.63) is 12.3 Å². The van der Waals surface area contributed by atoms with E-state index in [4.69, 9.17) is 9.47 Å². The molecule has 0 aliphatic carbocycles. The maximum absolute atomic E-state index is 5.28. The first-order valence-corrected chi connectivity index (χ1v) is 4.18. The van der Waals surface area contributed by atoms with Gasteiger partial charge in [-0.1, -0.05) is 11.8 Å². The van der Waals surface area contributed by atoms with Crippen molar-refractivity contribution >= 4 is 11.8 Å². The molecule has 58 valence electrons. The highest BCUT2D eigenvalue weighted by Gasteiger charge is 2.13. The van der Waals surface area contributed by atoms with Gasteiger partial charge in [0, 0.05) is 12.3 Å². The lowest BCUT2D eigenvalue weighted by Crippen LogP contribution is -1.88. The third-order valence-electron chi connectivity index (χ3n) is 1.44. The Kier molecular flexibility index (Phi) is 1.62. The smallest absolute Gasteiger partial charge is 0.216 e. The lowest BCUT2D eigenvalue weighted by atomic mass is 10.4. The van der Waals surface area contributed by atoms with Gasteiger partial charge in [0.2, 0.25) is 5.88 Å². The van der Waals surface area contributed by atoms with Crippen LogP contribution in [-0.4, -0.2) is 18.0 Å². The van der Waals surface area contributed by atoms with Gasteiger partial charge >= 0.3 is 0 Å². The molecule has 4 heteroatoms. The number of ether oxygens (including phenoxy) is 2. The van der Waals surface area contributed by atoms with Crippen LogP contribution in [0.25, 0.3) is 0 Å². The minimum Gasteiger partial charge on any atom is -0.481 e. The molecule has 1 aromatic heterocycles. The zero-order valence-corrected chi connectivity index (χ0v) is 6.85. The summed E-state index contributed by atoms with van der Waals surface area (Å²) in [5.74, 6) is 2.16. The average molecular weight is 169 g/mol. The summed E-state index contributed by atoms with van der Waals surface area (Å²) in [4.78, 5) is 5.13. The van der Waals surface area contributed by atoms with Gasteiger partial charge in [-0.3, -0.25) is 0 Å². The number of pyridine rings is 1. The Balaban J connectivity index is 2.41. The number of hydrogen-bond donors (Lipinski definition) is 0. The number of nitrogens with zero attached hydrogens (tertiary/aromatic N) is 1. The van der Waals surface area contributed by atoms with E-state index in [0.717, 1.165) is 10.6 Å². The van der Waals surface area contributed by atoms with E-state index < -0.39 is 0 Å². The Labute approximate surface area is 68.7 Å². The molecule has 0 aromatic carbocycles. The lowest BCUT2D eigenvalue weighted by Gasteiger charge is -1.99. The average Bonchev–Trinajstić information content (AvgIpc) is 2.50. The molecule has 0 unspecified atom stereocenters. The van der Waals surface area contributed by atoms with Crippen molar-refractivity contribution in [3.8, 4) is 11.6 Å². The number of fused-ring (bicyclic) bond motifs is 1. The Morgan fingerprint density at radius 1 is 1.73 bits per heavy atom. The second-order valence-corrected chi connectivity index (χ2v) is 3.04. The summed E-state index contributed by atoms with van der Waals surface area (Å²) in [5.41, 5.74) is 0. The summed E-state index contributed by atoms with van der Waals surface area (Å²) in [6, 6.07) is 1.80. The molecule has 3 nitrogen and oxygen atoms in total. The van der Waals surface area contributed by atoms with Crippen molar-refractivity contribution in [2.45, 2.75) is 4.90 Å². The summed E-state index contributed by atoms with van der Waals surface area (Å²) in [6.45, 7) is 0. The van der Waals surface area contributed by atoms with Gasteiger partial charge in [0.05, 0.1) is 12.0 Å². The SMILES string of the molecule is COc1cc2c(cn1)SCO2. The van der Waals surface area contributed by atoms with Gasteiger partial charge in [0.1, 0.15) is 11.7 Å². The zero-order chi connectivity index (χ0) is 7.68. The maximum atomic E-state index is 5.28. The first kappa shape index (κ1) is 6.79. The van der Waals surface area contributed by atoms with E-state index in [1.54, 1.807) is 31.1 Å². The molecule has 0 saturated heterocycles. The number of hydrogen-bond acceptors (Lipinski definition) is 4. The van der Waals surface area contributed by atoms with Gasteiger partial charge in [-0.2, -0.15) is 0 Å². The van der Waals surface area contributed by atoms with E-state index in [9.17, 15) is 0 Å². The highest BCUT2D eigenvalue weighted by atomic mass is 32.2. The van der Waals surface area contributed by atoms with Gasteiger partial charge in [-0.15, -0.1) is 0 Å². The molecule has 0 fully saturated rings. The Morgan fingerprint density at radius 3 is 3.45 bits per heavy atom. The molecule has 1 aliphatic heterocycles. The fraction of sp³-hybridized carbons (Fsp3) is 0.286. The van der Waals surface area contributed by atoms with Crippen LogP contribution >= 0.6 is 11.8 Å². The van der Waals surface area contributed by atoms with Crippen molar-refractivity contribution in [1.82, 2.24) is 4.98 Å². The van der Waals surface area contributed by atoms with Crippen molar-refractivity contribution in [3.63, 3.8) is 0 Å². The van der Waals surface area contributed by atoms with Gasteiger partial charge in [-0.05, 0) is 0 Å². The van der Waals surface area contributed by atoms with Crippen LogP contribution < -0.4 is 9.47 Å². The quantitative estimate of drug-likeness (QED) is 0.638. The van der Waals surface area contributed by atoms with Crippen LogP contribution in [0.1, 0.15) is 0 Å². The fourth-order valence-electron chi connectivity index (χ4n) is 0.896. The molecular formula is C7H7NO2S. The van der Waals surface area contributed by atoms with E-state index in [1.165, 1.54) is 0 Å². The summed E-state index contributed by atoms with van der Waals surface area (Å²) >= 11 is 1.65. The second-order valence-electron chi connectivity index (χ2n) is 2.08. The fourth-order valence-corrected chi connectivity index (χ4v) is 1.60. The van der Waals surface area contributed by atoms with E-state index >= 15 is 0 Å². The first-order chi connectivity index (χ1) is 5.40. The monoisotopic (exact) mass is 169 g/mol. The van der Waals surface area contributed by atoms with E-state index in [-0.39, 0.29) is 0 Å². The third kappa shape index (κ3) is 1.14. The second kappa shape index (κ2) is 2.62. The number of thioether (sulfide) groups is 1. The van der Waals surface area contributed by atoms with E-state index in [1.807, 2.05) is 0 Å². The Morgan fingerprint density at radius 2 is 2.64 bits per heavy atom. The molecule has 0 amide bonds. The molecule has 0 N–H and O–H groups in total. The predicted molar refractivity (Wildman–Crippen MR) is 42.1 cm³/mol. The van der Waals surface area contributed by atoms with E-state index in [0.29, 0.717) is 11.8 Å². The van der Waals surface area contributed by atoms with Crippen LogP contribution in [0.4, 0.5) is 0 Å². The summed E-state index contributed by atoms with van der Waals surface area (Å²) < 4.78 is 10.2. The van der Waals surface area contributed by atoms with Crippen molar-refractivity contribution in [2.24, 2.45) is 0 Å². The standard InChI is InChI=1S/C7H7NO2S/c1-9-7-2-5-6(3-8-7)11-4-10-5/h2-3H,4H2,1H3. The van der Waals surface area contributed by atoms with E-state index in [2.05, 4.69) is 4.98 Å². The van der Waals surface area contributed by atoms with Crippen LogP contribution in [0.2, 0.25) is 0 Å². The van der Waals surface area contributed by atoms with Crippen LogP contribution in [0.3, 0.4) is 0 Å². The summed E-state index contributed by atoms with van der Waals surface area (Å²) in [5, 5.41) is 0. The van der Waals surface area contributed by atoms with Gasteiger partial charge in [0.15, 0.2) is 0 Å². The Hall–Kier alpha value is -0.900. The maximum Gasteiger partial charge on any atom is 0.216 e. The van der Waals surface area contributed by atoms with Gasteiger partial charge in [-0.25, -0.2) is 4.98 Å². The molecule has 2 heterocycles. The van der Waals surface area contributed by atoms with Crippen LogP contribution in [0.5, 0.6) is 11.6 Å². The minimum absolute atomic E-state index is 0.603.